The van der Waals surface area contributed by atoms with Crippen molar-refractivity contribution in [3.63, 3.8) is 0 Å². The van der Waals surface area contributed by atoms with Crippen molar-refractivity contribution < 1.29 is 4.74 Å². The molecule has 1 fully saturated rings. The maximum Gasteiger partial charge on any atom is 0.191 e. The molecule has 0 spiro atoms. The number of methoxy groups -OCH3 is 1. The SMILES string of the molecule is CN=C(NCC(C)(C)C)NC1CC(OC)C1(C)C.I. The average Bonchev–Trinajstić information content (AvgIpc) is 2.26. The molecule has 0 heterocycles. The first-order valence-corrected chi connectivity index (χ1v) is 6.70. The van der Waals surface area contributed by atoms with Crippen molar-refractivity contribution in [3.8, 4) is 0 Å². The summed E-state index contributed by atoms with van der Waals surface area (Å²) in [5, 5.41) is 6.87. The highest BCUT2D eigenvalue weighted by atomic mass is 127. The van der Waals surface area contributed by atoms with Crippen LogP contribution in [0.1, 0.15) is 41.0 Å². The maximum absolute atomic E-state index is 5.46. The molecule has 114 valence electrons. The van der Waals surface area contributed by atoms with E-state index in [-0.39, 0.29) is 34.8 Å². The number of ether oxygens (including phenoxy) is 1. The molecule has 0 saturated heterocycles. The fourth-order valence-corrected chi connectivity index (χ4v) is 2.24. The molecule has 0 aromatic rings. The minimum absolute atomic E-state index is 0. The van der Waals surface area contributed by atoms with Crippen molar-refractivity contribution >= 4 is 29.9 Å². The van der Waals surface area contributed by atoms with Gasteiger partial charge in [0.15, 0.2) is 5.96 Å². The van der Waals surface area contributed by atoms with Crippen LogP contribution in [0.2, 0.25) is 0 Å². The molecule has 4 nitrogen and oxygen atoms in total. The summed E-state index contributed by atoms with van der Waals surface area (Å²) in [5.74, 6) is 0.887. The molecule has 2 unspecified atom stereocenters. The number of rotatable bonds is 3. The lowest BCUT2D eigenvalue weighted by atomic mass is 9.64. The summed E-state index contributed by atoms with van der Waals surface area (Å²) in [7, 11) is 3.60. The molecule has 0 amide bonds. The van der Waals surface area contributed by atoms with Gasteiger partial charge >= 0.3 is 0 Å². The van der Waals surface area contributed by atoms with Gasteiger partial charge in [-0.3, -0.25) is 4.99 Å². The molecular weight excluding hydrogens is 353 g/mol. The molecule has 0 bridgehead atoms. The molecule has 1 rings (SSSR count). The third-order valence-electron chi connectivity index (χ3n) is 3.78. The molecule has 1 saturated carbocycles. The van der Waals surface area contributed by atoms with Crippen LogP contribution < -0.4 is 10.6 Å². The lowest BCUT2D eigenvalue weighted by Gasteiger charge is -2.51. The van der Waals surface area contributed by atoms with Crippen LogP contribution in [-0.4, -0.2) is 38.8 Å². The van der Waals surface area contributed by atoms with Crippen LogP contribution in [0.5, 0.6) is 0 Å². The van der Waals surface area contributed by atoms with E-state index in [4.69, 9.17) is 4.74 Å². The quantitative estimate of drug-likeness (QED) is 0.448. The van der Waals surface area contributed by atoms with Gasteiger partial charge in [0.25, 0.3) is 0 Å². The van der Waals surface area contributed by atoms with Gasteiger partial charge in [0, 0.05) is 32.2 Å². The smallest absolute Gasteiger partial charge is 0.191 e. The average molecular weight is 383 g/mol. The van der Waals surface area contributed by atoms with Crippen LogP contribution in [0.4, 0.5) is 0 Å². The van der Waals surface area contributed by atoms with E-state index in [0.717, 1.165) is 18.9 Å². The zero-order valence-corrected chi connectivity index (χ0v) is 15.7. The Labute approximate surface area is 135 Å². The largest absolute Gasteiger partial charge is 0.381 e. The Morgan fingerprint density at radius 3 is 2.32 bits per heavy atom. The number of guanidine groups is 1. The van der Waals surface area contributed by atoms with Crippen molar-refractivity contribution in [2.75, 3.05) is 20.7 Å². The van der Waals surface area contributed by atoms with E-state index in [1.807, 2.05) is 7.05 Å². The van der Waals surface area contributed by atoms with E-state index < -0.39 is 0 Å². The van der Waals surface area contributed by atoms with E-state index in [2.05, 4.69) is 50.2 Å². The zero-order valence-electron chi connectivity index (χ0n) is 13.3. The summed E-state index contributed by atoms with van der Waals surface area (Å²) < 4.78 is 5.46. The van der Waals surface area contributed by atoms with E-state index in [1.165, 1.54) is 0 Å². The van der Waals surface area contributed by atoms with Crippen LogP contribution in [0.25, 0.3) is 0 Å². The topological polar surface area (TPSA) is 45.7 Å². The first-order chi connectivity index (χ1) is 8.20. The lowest BCUT2D eigenvalue weighted by Crippen LogP contribution is -2.63. The Hall–Kier alpha value is -0.0400. The second kappa shape index (κ2) is 7.11. The van der Waals surface area contributed by atoms with Gasteiger partial charge in [-0.25, -0.2) is 0 Å². The van der Waals surface area contributed by atoms with Gasteiger partial charge in [-0.2, -0.15) is 0 Å². The third-order valence-corrected chi connectivity index (χ3v) is 3.78. The monoisotopic (exact) mass is 383 g/mol. The van der Waals surface area contributed by atoms with Crippen molar-refractivity contribution in [2.45, 2.75) is 53.2 Å². The van der Waals surface area contributed by atoms with Crippen LogP contribution in [0.3, 0.4) is 0 Å². The minimum atomic E-state index is 0. The minimum Gasteiger partial charge on any atom is -0.381 e. The zero-order chi connectivity index (χ0) is 14.0. The van der Waals surface area contributed by atoms with E-state index in [9.17, 15) is 0 Å². The molecule has 0 radical (unpaired) electrons. The number of nitrogens with one attached hydrogen (secondary N) is 2. The van der Waals surface area contributed by atoms with Gasteiger partial charge in [-0.15, -0.1) is 24.0 Å². The normalized spacial score (nSPS) is 26.2. The number of aliphatic imine (C=N–C) groups is 1. The Kier molecular flexibility index (Phi) is 7.09. The first kappa shape index (κ1) is 19.0. The second-order valence-corrected chi connectivity index (χ2v) is 6.96. The number of nitrogens with zero attached hydrogens (tertiary/aromatic N) is 1. The van der Waals surface area contributed by atoms with E-state index >= 15 is 0 Å². The molecule has 0 aliphatic heterocycles. The standard InChI is InChI=1S/C14H29N3O.HI/c1-13(2,3)9-16-12(15-6)17-10-8-11(18-7)14(10,4)5;/h10-11H,8-9H2,1-7H3,(H2,15,16,17);1H. The fourth-order valence-electron chi connectivity index (χ4n) is 2.24. The molecule has 1 aliphatic carbocycles. The molecule has 19 heavy (non-hydrogen) atoms. The fraction of sp³-hybridized carbons (Fsp3) is 0.929. The van der Waals surface area contributed by atoms with Gasteiger partial charge in [-0.1, -0.05) is 34.6 Å². The van der Waals surface area contributed by atoms with Crippen LogP contribution in [-0.2, 0) is 4.74 Å². The molecule has 0 aromatic heterocycles. The number of hydrogen-bond acceptors (Lipinski definition) is 2. The van der Waals surface area contributed by atoms with Crippen molar-refractivity contribution in [1.82, 2.24) is 10.6 Å². The molecule has 5 heteroatoms. The molecule has 2 N–H and O–H groups in total. The summed E-state index contributed by atoms with van der Waals surface area (Å²) in [6, 6.07) is 0.425. The van der Waals surface area contributed by atoms with Crippen LogP contribution >= 0.6 is 24.0 Å². The van der Waals surface area contributed by atoms with E-state index in [0.29, 0.717) is 12.1 Å². The first-order valence-electron chi connectivity index (χ1n) is 6.70. The van der Waals surface area contributed by atoms with Gasteiger partial charge < -0.3 is 15.4 Å². The lowest BCUT2D eigenvalue weighted by molar-refractivity contribution is -0.0922. The van der Waals surface area contributed by atoms with Gasteiger partial charge in [0.2, 0.25) is 0 Å². The van der Waals surface area contributed by atoms with Gasteiger partial charge in [0.1, 0.15) is 0 Å². The summed E-state index contributed by atoms with van der Waals surface area (Å²) >= 11 is 0. The van der Waals surface area contributed by atoms with Crippen LogP contribution in [0.15, 0.2) is 4.99 Å². The number of hydrogen-bond donors (Lipinski definition) is 2. The highest BCUT2D eigenvalue weighted by Gasteiger charge is 2.48. The Balaban J connectivity index is 0.00000324. The number of halogens is 1. The van der Waals surface area contributed by atoms with E-state index in [1.54, 1.807) is 7.11 Å². The van der Waals surface area contributed by atoms with Crippen LogP contribution in [0, 0.1) is 10.8 Å². The molecular formula is C14H30IN3O. The Morgan fingerprint density at radius 2 is 1.95 bits per heavy atom. The highest BCUT2D eigenvalue weighted by molar-refractivity contribution is 14.0. The molecule has 0 aromatic carbocycles. The summed E-state index contributed by atoms with van der Waals surface area (Å²) in [6.07, 6.45) is 1.38. The summed E-state index contributed by atoms with van der Waals surface area (Å²) in [4.78, 5) is 4.28. The third kappa shape index (κ3) is 5.10. The van der Waals surface area contributed by atoms with Crippen molar-refractivity contribution in [1.29, 1.82) is 0 Å². The summed E-state index contributed by atoms with van der Waals surface area (Å²) in [6.45, 7) is 12.0. The Bertz CT molecular complexity index is 310. The van der Waals surface area contributed by atoms with Gasteiger partial charge in [0.05, 0.1) is 6.10 Å². The van der Waals surface area contributed by atoms with Crippen molar-refractivity contribution in [2.24, 2.45) is 15.8 Å². The highest BCUT2D eigenvalue weighted by Crippen LogP contribution is 2.42. The predicted molar refractivity (Wildman–Crippen MR) is 92.4 cm³/mol. The second-order valence-electron chi connectivity index (χ2n) is 6.96. The van der Waals surface area contributed by atoms with Crippen molar-refractivity contribution in [3.05, 3.63) is 0 Å². The summed E-state index contributed by atoms with van der Waals surface area (Å²) in [5.41, 5.74) is 0.413. The molecule has 2 atom stereocenters. The molecule has 1 aliphatic rings. The predicted octanol–water partition coefficient (Wildman–Crippen LogP) is 2.63. The van der Waals surface area contributed by atoms with Gasteiger partial charge in [-0.05, 0) is 11.8 Å². The Morgan fingerprint density at radius 1 is 1.37 bits per heavy atom. The maximum atomic E-state index is 5.46.